The van der Waals surface area contributed by atoms with E-state index in [2.05, 4.69) is 20.7 Å². The highest BCUT2D eigenvalue weighted by atomic mass is 35.5. The number of carbonyl (C=O) groups is 1. The van der Waals surface area contributed by atoms with Crippen molar-refractivity contribution in [2.75, 3.05) is 5.32 Å². The summed E-state index contributed by atoms with van der Waals surface area (Å²) in [5, 5.41) is 21.5. The molecule has 0 spiro atoms. The maximum absolute atomic E-state index is 13.5. The number of halogens is 5. The van der Waals surface area contributed by atoms with Gasteiger partial charge in [-0.2, -0.15) is 18.3 Å². The van der Waals surface area contributed by atoms with Crippen molar-refractivity contribution < 1.29 is 23.1 Å². The number of alkyl halides is 3. The van der Waals surface area contributed by atoms with Crippen LogP contribution in [0.4, 0.5) is 18.9 Å². The highest BCUT2D eigenvalue weighted by molar-refractivity contribution is 6.32. The number of pyridine rings is 1. The summed E-state index contributed by atoms with van der Waals surface area (Å²) in [5.41, 5.74) is -1.03. The van der Waals surface area contributed by atoms with E-state index in [0.29, 0.717) is 35.4 Å². The molecule has 37 heavy (non-hydrogen) atoms. The van der Waals surface area contributed by atoms with Crippen molar-refractivity contribution in [3.63, 3.8) is 0 Å². The Morgan fingerprint density at radius 2 is 1.89 bits per heavy atom. The maximum atomic E-state index is 13.5. The normalized spacial score (nSPS) is 21.5. The minimum atomic E-state index is -4.59. The lowest BCUT2D eigenvalue weighted by molar-refractivity contribution is -0.140. The molecule has 7 nitrogen and oxygen atoms in total. The number of fused-ring (bicyclic) bond motifs is 1. The van der Waals surface area contributed by atoms with Gasteiger partial charge in [0.15, 0.2) is 5.15 Å². The first kappa shape index (κ1) is 26.1. The molecule has 2 aliphatic rings. The van der Waals surface area contributed by atoms with Gasteiger partial charge in [0.25, 0.3) is 5.91 Å². The van der Waals surface area contributed by atoms with Crippen molar-refractivity contribution in [3.8, 4) is 0 Å². The van der Waals surface area contributed by atoms with Crippen LogP contribution in [0, 0.1) is 0 Å². The van der Waals surface area contributed by atoms with Gasteiger partial charge in [-0.15, -0.1) is 0 Å². The Morgan fingerprint density at radius 3 is 2.59 bits per heavy atom. The molecule has 0 saturated heterocycles. The van der Waals surface area contributed by atoms with Gasteiger partial charge in [0.05, 0.1) is 23.2 Å². The lowest BCUT2D eigenvalue weighted by Gasteiger charge is -2.24. The number of aromatic nitrogens is 3. The first-order valence-electron chi connectivity index (χ1n) is 12.2. The fraction of sp³-hybridized carbons (Fsp3) is 0.480. The van der Waals surface area contributed by atoms with Crippen LogP contribution in [0.5, 0.6) is 0 Å². The highest BCUT2D eigenvalue weighted by Gasteiger charge is 2.41. The molecule has 12 heteroatoms. The third kappa shape index (κ3) is 6.13. The summed E-state index contributed by atoms with van der Waals surface area (Å²) in [4.78, 5) is 16.8. The van der Waals surface area contributed by atoms with Crippen LogP contribution in [0.1, 0.15) is 61.0 Å². The summed E-state index contributed by atoms with van der Waals surface area (Å²) in [6.07, 6.45) is 2.01. The molecule has 2 heterocycles. The van der Waals surface area contributed by atoms with Crippen molar-refractivity contribution in [2.24, 2.45) is 0 Å². The van der Waals surface area contributed by atoms with E-state index in [4.69, 9.17) is 23.2 Å². The molecular formula is C25H26Cl2F3N5O2. The lowest BCUT2D eigenvalue weighted by atomic mass is 10.0. The van der Waals surface area contributed by atoms with E-state index in [1.165, 1.54) is 23.0 Å². The summed E-state index contributed by atoms with van der Waals surface area (Å²) in [7, 11) is 0. The van der Waals surface area contributed by atoms with Crippen LogP contribution in [0.15, 0.2) is 30.5 Å². The van der Waals surface area contributed by atoms with E-state index < -0.39 is 17.5 Å². The van der Waals surface area contributed by atoms with E-state index in [0.717, 1.165) is 31.7 Å². The van der Waals surface area contributed by atoms with Gasteiger partial charge in [-0.3, -0.25) is 9.48 Å². The summed E-state index contributed by atoms with van der Waals surface area (Å²) < 4.78 is 42.0. The molecule has 3 aromatic rings. The molecule has 5 rings (SSSR count). The smallest absolute Gasteiger partial charge is 0.388 e. The van der Waals surface area contributed by atoms with Crippen LogP contribution >= 0.6 is 23.2 Å². The number of nitrogens with one attached hydrogen (secondary N) is 2. The number of hydrogen-bond donors (Lipinski definition) is 3. The number of hydrogen-bond acceptors (Lipinski definition) is 5. The largest absolute Gasteiger partial charge is 0.433 e. The van der Waals surface area contributed by atoms with Gasteiger partial charge < -0.3 is 15.7 Å². The second kappa shape index (κ2) is 9.96. The minimum Gasteiger partial charge on any atom is -0.388 e. The molecule has 0 bridgehead atoms. The second-order valence-corrected chi connectivity index (χ2v) is 10.8. The Morgan fingerprint density at radius 1 is 1.16 bits per heavy atom. The van der Waals surface area contributed by atoms with E-state index in [1.54, 1.807) is 6.07 Å². The Bertz CT molecular complexity index is 1330. The maximum Gasteiger partial charge on any atom is 0.433 e. The third-order valence-corrected chi connectivity index (χ3v) is 7.44. The molecule has 2 saturated carbocycles. The van der Waals surface area contributed by atoms with Crippen molar-refractivity contribution in [3.05, 3.63) is 51.9 Å². The molecule has 0 aliphatic heterocycles. The summed E-state index contributed by atoms with van der Waals surface area (Å²) in [6, 6.07) is 5.20. The molecule has 0 unspecified atom stereocenters. The molecule has 198 valence electrons. The van der Waals surface area contributed by atoms with Gasteiger partial charge in [0.2, 0.25) is 0 Å². The molecule has 2 fully saturated rings. The molecule has 3 N–H and O–H groups in total. The van der Waals surface area contributed by atoms with Crippen molar-refractivity contribution in [1.82, 2.24) is 20.1 Å². The summed E-state index contributed by atoms with van der Waals surface area (Å²) >= 11 is 12.3. The van der Waals surface area contributed by atoms with Gasteiger partial charge >= 0.3 is 6.18 Å². The minimum absolute atomic E-state index is 0.0601. The lowest BCUT2D eigenvalue weighted by Crippen LogP contribution is -2.38. The standard InChI is InChI=1S/C25H26Cl2F3N5O2/c26-14-5-6-19-17(9-14)20(11-21(33-19)25(28,29)30)31-15-3-1-2-4-16(10-15)32-23(36)18-12-35(34-22(18)27)13-24(37)7-8-24/h5-6,9,11-12,15-16,37H,1-4,7-8,10,13H2,(H,31,33)(H,32,36)/t15-,16+/m1/s1. The SMILES string of the molecule is O=C(N[C@H]1CCCC[C@@H](Nc2cc(C(F)(F)F)nc3ccc(Cl)cc23)C1)c1cn(CC2(O)CC2)nc1Cl. The van der Waals surface area contributed by atoms with Gasteiger partial charge in [0.1, 0.15) is 5.69 Å². The van der Waals surface area contributed by atoms with E-state index >= 15 is 0 Å². The first-order chi connectivity index (χ1) is 17.5. The van der Waals surface area contributed by atoms with Crippen LogP contribution < -0.4 is 10.6 Å². The van der Waals surface area contributed by atoms with Crippen LogP contribution in [0.25, 0.3) is 10.9 Å². The van der Waals surface area contributed by atoms with Gasteiger partial charge in [0, 0.05) is 34.4 Å². The van der Waals surface area contributed by atoms with Crippen LogP contribution in [-0.2, 0) is 12.7 Å². The zero-order valence-corrected chi connectivity index (χ0v) is 21.3. The van der Waals surface area contributed by atoms with Gasteiger partial charge in [-0.1, -0.05) is 36.0 Å². The van der Waals surface area contributed by atoms with E-state index in [1.807, 2.05) is 0 Å². The number of nitrogens with zero attached hydrogens (tertiary/aromatic N) is 3. The number of amides is 1. The zero-order valence-electron chi connectivity index (χ0n) is 19.8. The second-order valence-electron chi connectivity index (χ2n) is 10.0. The average molecular weight is 556 g/mol. The molecule has 2 atom stereocenters. The van der Waals surface area contributed by atoms with Gasteiger partial charge in [-0.05, 0) is 56.4 Å². The summed E-state index contributed by atoms with van der Waals surface area (Å²) in [5.74, 6) is -0.370. The zero-order chi connectivity index (χ0) is 26.4. The predicted octanol–water partition coefficient (Wildman–Crippen LogP) is 5.83. The van der Waals surface area contributed by atoms with Crippen LogP contribution in [0.3, 0.4) is 0 Å². The van der Waals surface area contributed by atoms with Crippen molar-refractivity contribution in [1.29, 1.82) is 0 Å². The predicted molar refractivity (Wildman–Crippen MR) is 135 cm³/mol. The number of benzene rings is 1. The highest BCUT2D eigenvalue weighted by Crippen LogP contribution is 2.37. The van der Waals surface area contributed by atoms with Gasteiger partial charge in [-0.25, -0.2) is 4.98 Å². The number of carbonyl (C=O) groups excluding carboxylic acids is 1. The first-order valence-corrected chi connectivity index (χ1v) is 12.9. The number of aliphatic hydroxyl groups is 1. The Kier molecular flexibility index (Phi) is 7.02. The quantitative estimate of drug-likeness (QED) is 0.333. The Balaban J connectivity index is 1.32. The van der Waals surface area contributed by atoms with Crippen molar-refractivity contribution in [2.45, 2.75) is 75.4 Å². The van der Waals surface area contributed by atoms with Crippen LogP contribution in [0.2, 0.25) is 10.2 Å². The Labute approximate surface area is 221 Å². The molecule has 2 aromatic heterocycles. The number of rotatable bonds is 6. The van der Waals surface area contributed by atoms with Crippen LogP contribution in [-0.4, -0.2) is 43.5 Å². The molecule has 0 radical (unpaired) electrons. The van der Waals surface area contributed by atoms with E-state index in [9.17, 15) is 23.1 Å². The molecule has 2 aliphatic carbocycles. The fourth-order valence-corrected chi connectivity index (χ4v) is 5.21. The third-order valence-electron chi connectivity index (χ3n) is 6.92. The molecule has 1 amide bonds. The average Bonchev–Trinajstić information content (AvgIpc) is 3.49. The monoisotopic (exact) mass is 555 g/mol. The van der Waals surface area contributed by atoms with E-state index in [-0.39, 0.29) is 40.8 Å². The molecule has 1 aromatic carbocycles. The topological polar surface area (TPSA) is 92.1 Å². The summed E-state index contributed by atoms with van der Waals surface area (Å²) in [6.45, 7) is 0.277. The Hall–Kier alpha value is -2.56. The molecular weight excluding hydrogens is 530 g/mol. The van der Waals surface area contributed by atoms with Crippen molar-refractivity contribution >= 4 is 45.7 Å². The number of anilines is 1. The fourth-order valence-electron chi connectivity index (χ4n) is 4.80.